The molecule has 5 heteroatoms. The third kappa shape index (κ3) is 1.92. The zero-order chi connectivity index (χ0) is 10.9. The first-order valence-electron chi connectivity index (χ1n) is 4.38. The summed E-state index contributed by atoms with van der Waals surface area (Å²) in [4.78, 5) is 0. The van der Waals surface area contributed by atoms with Crippen LogP contribution in [0.25, 0.3) is 5.69 Å². The Bertz CT molecular complexity index is 558. The van der Waals surface area contributed by atoms with Crippen molar-refractivity contribution in [2.45, 2.75) is 5.03 Å². The minimum absolute atomic E-state index is 0.203. The van der Waals surface area contributed by atoms with Crippen LogP contribution in [0.3, 0.4) is 0 Å². The van der Waals surface area contributed by atoms with Gasteiger partial charge in [-0.05, 0) is 18.2 Å². The highest BCUT2D eigenvalue weighted by molar-refractivity contribution is 7.90. The Morgan fingerprint density at radius 3 is 2.40 bits per heavy atom. The fourth-order valence-electron chi connectivity index (χ4n) is 1.34. The number of hydrogen-bond acceptors (Lipinski definition) is 3. The number of para-hydroxylation sites is 1. The maximum Gasteiger partial charge on any atom is 0.192 e. The summed E-state index contributed by atoms with van der Waals surface area (Å²) < 4.78 is 24.3. The van der Waals surface area contributed by atoms with E-state index < -0.39 is 9.84 Å². The number of rotatable bonds is 2. The molecule has 1 aromatic heterocycles. The fraction of sp³-hybridized carbons (Fsp3) is 0.100. The Hall–Kier alpha value is -1.62. The molecular weight excluding hydrogens is 212 g/mol. The lowest BCUT2D eigenvalue weighted by Gasteiger charge is -2.04. The van der Waals surface area contributed by atoms with Gasteiger partial charge in [0.15, 0.2) is 14.9 Å². The minimum Gasteiger partial charge on any atom is -0.222 e. The molecule has 0 spiro atoms. The van der Waals surface area contributed by atoms with Crippen molar-refractivity contribution in [2.24, 2.45) is 0 Å². The molecule has 2 rings (SSSR count). The van der Waals surface area contributed by atoms with Crippen LogP contribution in [0.15, 0.2) is 47.6 Å². The predicted molar refractivity (Wildman–Crippen MR) is 56.7 cm³/mol. The van der Waals surface area contributed by atoms with Gasteiger partial charge in [-0.25, -0.2) is 13.1 Å². The predicted octanol–water partition coefficient (Wildman–Crippen LogP) is 1.28. The van der Waals surface area contributed by atoms with Gasteiger partial charge in [-0.1, -0.05) is 18.2 Å². The maximum absolute atomic E-state index is 11.4. The topological polar surface area (TPSA) is 52.0 Å². The molecule has 15 heavy (non-hydrogen) atoms. The van der Waals surface area contributed by atoms with Crippen LogP contribution < -0.4 is 0 Å². The van der Waals surface area contributed by atoms with Crippen LogP contribution >= 0.6 is 0 Å². The molecule has 0 unspecified atom stereocenters. The van der Waals surface area contributed by atoms with E-state index in [2.05, 4.69) is 5.10 Å². The summed E-state index contributed by atoms with van der Waals surface area (Å²) in [6.07, 6.45) is 2.65. The summed E-state index contributed by atoms with van der Waals surface area (Å²) >= 11 is 0. The normalized spacial score (nSPS) is 11.5. The Morgan fingerprint density at radius 1 is 1.13 bits per heavy atom. The number of hydrogen-bond donors (Lipinski definition) is 0. The van der Waals surface area contributed by atoms with E-state index in [4.69, 9.17) is 0 Å². The van der Waals surface area contributed by atoms with Crippen molar-refractivity contribution in [3.63, 3.8) is 0 Å². The largest absolute Gasteiger partial charge is 0.222 e. The average Bonchev–Trinajstić information content (AvgIpc) is 2.67. The minimum atomic E-state index is -3.24. The summed E-state index contributed by atoms with van der Waals surface area (Å²) in [5.41, 5.74) is 0.739. The molecule has 0 aliphatic heterocycles. The van der Waals surface area contributed by atoms with E-state index >= 15 is 0 Å². The third-order valence-electron chi connectivity index (χ3n) is 1.99. The lowest BCUT2D eigenvalue weighted by atomic mass is 10.3. The highest BCUT2D eigenvalue weighted by Gasteiger charge is 2.14. The monoisotopic (exact) mass is 222 g/mol. The molecule has 1 heterocycles. The lowest BCUT2D eigenvalue weighted by molar-refractivity contribution is 0.592. The molecule has 0 aliphatic carbocycles. The number of aromatic nitrogens is 2. The van der Waals surface area contributed by atoms with Crippen LogP contribution in [0, 0.1) is 0 Å². The number of benzene rings is 1. The van der Waals surface area contributed by atoms with E-state index in [0.717, 1.165) is 5.69 Å². The molecule has 0 radical (unpaired) electrons. The first-order chi connectivity index (χ1) is 7.09. The van der Waals surface area contributed by atoms with E-state index in [1.807, 2.05) is 30.3 Å². The standard InChI is InChI=1S/C10H10N2O2S/c1-15(13,14)10-7-8-11-12(10)9-5-3-2-4-6-9/h2-8H,1H3. The van der Waals surface area contributed by atoms with Crippen molar-refractivity contribution in [1.82, 2.24) is 9.78 Å². The van der Waals surface area contributed by atoms with Crippen molar-refractivity contribution in [3.05, 3.63) is 42.6 Å². The van der Waals surface area contributed by atoms with E-state index in [1.54, 1.807) is 0 Å². The van der Waals surface area contributed by atoms with E-state index in [9.17, 15) is 8.42 Å². The zero-order valence-corrected chi connectivity index (χ0v) is 8.98. The van der Waals surface area contributed by atoms with Crippen LogP contribution in [0.2, 0.25) is 0 Å². The second-order valence-electron chi connectivity index (χ2n) is 3.19. The molecule has 0 saturated heterocycles. The molecule has 0 fully saturated rings. The average molecular weight is 222 g/mol. The van der Waals surface area contributed by atoms with Gasteiger partial charge in [-0.3, -0.25) is 0 Å². The molecule has 0 aliphatic rings. The third-order valence-corrected chi connectivity index (χ3v) is 3.06. The Morgan fingerprint density at radius 2 is 1.80 bits per heavy atom. The van der Waals surface area contributed by atoms with Crippen molar-refractivity contribution >= 4 is 9.84 Å². The summed E-state index contributed by atoms with van der Waals surface area (Å²) in [5.74, 6) is 0. The molecule has 0 N–H and O–H groups in total. The second kappa shape index (κ2) is 3.51. The van der Waals surface area contributed by atoms with Crippen LogP contribution in [0.4, 0.5) is 0 Å². The van der Waals surface area contributed by atoms with Crippen molar-refractivity contribution < 1.29 is 8.42 Å². The van der Waals surface area contributed by atoms with Crippen LogP contribution in [0.5, 0.6) is 0 Å². The highest BCUT2D eigenvalue weighted by Crippen LogP contribution is 2.14. The first-order valence-corrected chi connectivity index (χ1v) is 6.28. The molecule has 0 atom stereocenters. The molecule has 1 aromatic carbocycles. The smallest absolute Gasteiger partial charge is 0.192 e. The second-order valence-corrected chi connectivity index (χ2v) is 5.15. The molecule has 0 saturated carbocycles. The molecule has 2 aromatic rings. The number of sulfone groups is 1. The lowest BCUT2D eigenvalue weighted by Crippen LogP contribution is -2.07. The summed E-state index contributed by atoms with van der Waals surface area (Å²) in [6.45, 7) is 0. The SMILES string of the molecule is CS(=O)(=O)c1ccnn1-c1ccccc1. The Labute approximate surface area is 88.1 Å². The summed E-state index contributed by atoms with van der Waals surface area (Å²) in [6, 6.07) is 10.6. The molecule has 0 amide bonds. The van der Waals surface area contributed by atoms with Gasteiger partial charge in [-0.2, -0.15) is 5.10 Å². The molecular formula is C10H10N2O2S. The zero-order valence-electron chi connectivity index (χ0n) is 8.16. The van der Waals surface area contributed by atoms with Gasteiger partial charge in [0.05, 0.1) is 11.9 Å². The van der Waals surface area contributed by atoms with Gasteiger partial charge in [0.25, 0.3) is 0 Å². The van der Waals surface area contributed by atoms with Gasteiger partial charge >= 0.3 is 0 Å². The summed E-state index contributed by atoms with van der Waals surface area (Å²) in [7, 11) is -3.24. The Balaban J connectivity index is 2.61. The van der Waals surface area contributed by atoms with Crippen LogP contribution in [0.1, 0.15) is 0 Å². The van der Waals surface area contributed by atoms with Crippen molar-refractivity contribution in [3.8, 4) is 5.69 Å². The fourth-order valence-corrected chi connectivity index (χ4v) is 2.11. The van der Waals surface area contributed by atoms with Crippen molar-refractivity contribution in [2.75, 3.05) is 6.26 Å². The molecule has 78 valence electrons. The Kier molecular flexibility index (Phi) is 2.32. The highest BCUT2D eigenvalue weighted by atomic mass is 32.2. The van der Waals surface area contributed by atoms with E-state index in [-0.39, 0.29) is 5.03 Å². The molecule has 4 nitrogen and oxygen atoms in total. The van der Waals surface area contributed by atoms with Gasteiger partial charge in [0.2, 0.25) is 0 Å². The van der Waals surface area contributed by atoms with Crippen LogP contribution in [-0.4, -0.2) is 24.5 Å². The quantitative estimate of drug-likeness (QED) is 0.769. The first kappa shape index (κ1) is 9.92. The van der Waals surface area contributed by atoms with Crippen LogP contribution in [-0.2, 0) is 9.84 Å². The molecule has 0 bridgehead atoms. The van der Waals surface area contributed by atoms with Gasteiger partial charge < -0.3 is 0 Å². The van der Waals surface area contributed by atoms with Gasteiger partial charge in [-0.15, -0.1) is 0 Å². The van der Waals surface area contributed by atoms with Gasteiger partial charge in [0.1, 0.15) is 0 Å². The van der Waals surface area contributed by atoms with E-state index in [0.29, 0.717) is 0 Å². The number of nitrogens with zero attached hydrogens (tertiary/aromatic N) is 2. The summed E-state index contributed by atoms with van der Waals surface area (Å²) in [5, 5.41) is 4.19. The maximum atomic E-state index is 11.4. The van der Waals surface area contributed by atoms with Gasteiger partial charge in [0, 0.05) is 6.26 Å². The van der Waals surface area contributed by atoms with E-state index in [1.165, 1.54) is 23.2 Å². The van der Waals surface area contributed by atoms with Crippen molar-refractivity contribution in [1.29, 1.82) is 0 Å².